The lowest BCUT2D eigenvalue weighted by Gasteiger charge is -2.29. The smallest absolute Gasteiger partial charge is 0.153 e. The molecule has 0 saturated heterocycles. The highest BCUT2D eigenvalue weighted by Crippen LogP contribution is 2.37. The molecule has 0 N–H and O–H groups in total. The van der Waals surface area contributed by atoms with Crippen LogP contribution in [0.15, 0.2) is 22.7 Å². The quantitative estimate of drug-likeness (QED) is 0.813. The fourth-order valence-corrected chi connectivity index (χ4v) is 3.17. The zero-order valence-corrected chi connectivity index (χ0v) is 12.2. The minimum Gasteiger partial charge on any atom is -0.298 e. The van der Waals surface area contributed by atoms with Crippen LogP contribution in [0.4, 0.5) is 0 Å². The molecule has 2 rings (SSSR count). The number of hydrogen-bond acceptors (Lipinski definition) is 2. The fourth-order valence-electron chi connectivity index (χ4n) is 2.43. The molecule has 18 heavy (non-hydrogen) atoms. The Kier molecular flexibility index (Phi) is 4.09. The molecule has 1 atom stereocenters. The highest BCUT2D eigenvalue weighted by Gasteiger charge is 2.40. The Morgan fingerprint density at radius 2 is 2.22 bits per heavy atom. The van der Waals surface area contributed by atoms with Gasteiger partial charge in [0.2, 0.25) is 0 Å². The third kappa shape index (κ3) is 2.60. The Hall–Kier alpha value is -0.850. The van der Waals surface area contributed by atoms with Crippen LogP contribution in [-0.2, 0) is 11.2 Å². The van der Waals surface area contributed by atoms with Gasteiger partial charge in [-0.3, -0.25) is 4.79 Å². The van der Waals surface area contributed by atoms with Crippen LogP contribution in [0.25, 0.3) is 0 Å². The largest absolute Gasteiger partial charge is 0.298 e. The van der Waals surface area contributed by atoms with Crippen molar-refractivity contribution < 1.29 is 4.79 Å². The van der Waals surface area contributed by atoms with Gasteiger partial charge in [-0.15, -0.1) is 0 Å². The molecule has 94 valence electrons. The molecule has 0 heterocycles. The SMILES string of the molecule is N#CC1(Cc2ccc(Br)cc2Cl)CCCCC1=O. The maximum absolute atomic E-state index is 12.1. The molecule has 1 aliphatic rings. The molecule has 1 unspecified atom stereocenters. The highest BCUT2D eigenvalue weighted by atomic mass is 79.9. The molecule has 4 heteroatoms. The second-order valence-corrected chi connectivity index (χ2v) is 6.06. The Morgan fingerprint density at radius 1 is 1.44 bits per heavy atom. The zero-order valence-electron chi connectivity index (χ0n) is 9.88. The molecule has 1 aromatic rings. The fraction of sp³-hybridized carbons (Fsp3) is 0.429. The van der Waals surface area contributed by atoms with E-state index in [1.165, 1.54) is 0 Å². The minimum atomic E-state index is -0.865. The Balaban J connectivity index is 2.30. The average molecular weight is 327 g/mol. The van der Waals surface area contributed by atoms with E-state index in [9.17, 15) is 10.1 Å². The molecule has 2 nitrogen and oxygen atoms in total. The topological polar surface area (TPSA) is 40.9 Å². The van der Waals surface area contributed by atoms with Crippen molar-refractivity contribution in [2.45, 2.75) is 32.1 Å². The number of ketones is 1. The summed E-state index contributed by atoms with van der Waals surface area (Å²) in [5, 5.41) is 10.0. The van der Waals surface area contributed by atoms with Gasteiger partial charge in [-0.25, -0.2) is 0 Å². The van der Waals surface area contributed by atoms with Crippen molar-refractivity contribution in [3.8, 4) is 6.07 Å². The van der Waals surface area contributed by atoms with E-state index >= 15 is 0 Å². The van der Waals surface area contributed by atoms with E-state index in [1.807, 2.05) is 12.1 Å². The first-order valence-corrected chi connectivity index (χ1v) is 7.13. The third-order valence-corrected chi connectivity index (χ3v) is 4.36. The first-order chi connectivity index (χ1) is 8.57. The van der Waals surface area contributed by atoms with E-state index in [4.69, 9.17) is 11.6 Å². The number of carbonyl (C=O) groups excluding carboxylic acids is 1. The van der Waals surface area contributed by atoms with Gasteiger partial charge in [0.25, 0.3) is 0 Å². The molecule has 0 bridgehead atoms. The van der Waals surface area contributed by atoms with Gasteiger partial charge in [-0.1, -0.05) is 40.0 Å². The summed E-state index contributed by atoms with van der Waals surface area (Å²) in [7, 11) is 0. The number of rotatable bonds is 2. The van der Waals surface area contributed by atoms with Crippen LogP contribution >= 0.6 is 27.5 Å². The number of nitriles is 1. The van der Waals surface area contributed by atoms with Crippen molar-refractivity contribution in [2.24, 2.45) is 5.41 Å². The van der Waals surface area contributed by atoms with E-state index < -0.39 is 5.41 Å². The van der Waals surface area contributed by atoms with Gasteiger partial charge in [0.15, 0.2) is 5.78 Å². The molecular weight excluding hydrogens is 314 g/mol. The van der Waals surface area contributed by atoms with Crippen molar-refractivity contribution in [2.75, 3.05) is 0 Å². The first-order valence-electron chi connectivity index (χ1n) is 5.96. The maximum Gasteiger partial charge on any atom is 0.153 e. The van der Waals surface area contributed by atoms with E-state index in [2.05, 4.69) is 22.0 Å². The zero-order chi connectivity index (χ0) is 13.2. The lowest BCUT2D eigenvalue weighted by molar-refractivity contribution is -0.128. The Labute approximate surface area is 120 Å². The van der Waals surface area contributed by atoms with Gasteiger partial charge < -0.3 is 0 Å². The number of nitrogens with zero attached hydrogens (tertiary/aromatic N) is 1. The van der Waals surface area contributed by atoms with Crippen LogP contribution in [0.3, 0.4) is 0 Å². The number of Topliss-reactive ketones (excluding diaryl/α,β-unsaturated/α-hetero) is 1. The second kappa shape index (κ2) is 5.42. The predicted molar refractivity (Wildman–Crippen MR) is 74.4 cm³/mol. The summed E-state index contributed by atoms with van der Waals surface area (Å²) >= 11 is 9.51. The van der Waals surface area contributed by atoms with Crippen molar-refractivity contribution in [3.63, 3.8) is 0 Å². The number of benzene rings is 1. The van der Waals surface area contributed by atoms with E-state index in [1.54, 1.807) is 6.07 Å². The average Bonchev–Trinajstić information content (AvgIpc) is 2.35. The lowest BCUT2D eigenvalue weighted by Crippen LogP contribution is -2.35. The summed E-state index contributed by atoms with van der Waals surface area (Å²) in [6.07, 6.45) is 3.43. The Morgan fingerprint density at radius 3 is 2.83 bits per heavy atom. The highest BCUT2D eigenvalue weighted by molar-refractivity contribution is 9.10. The van der Waals surface area contributed by atoms with Gasteiger partial charge in [-0.05, 0) is 37.0 Å². The van der Waals surface area contributed by atoms with Crippen LogP contribution in [0, 0.1) is 16.7 Å². The van der Waals surface area contributed by atoms with E-state index in [0.29, 0.717) is 24.3 Å². The summed E-state index contributed by atoms with van der Waals surface area (Å²) < 4.78 is 0.900. The lowest BCUT2D eigenvalue weighted by atomic mass is 9.70. The van der Waals surface area contributed by atoms with Crippen LogP contribution in [0.2, 0.25) is 5.02 Å². The molecule has 0 aliphatic heterocycles. The van der Waals surface area contributed by atoms with Gasteiger partial charge in [0.1, 0.15) is 5.41 Å². The molecule has 1 fully saturated rings. The van der Waals surface area contributed by atoms with Gasteiger partial charge in [0, 0.05) is 15.9 Å². The third-order valence-electron chi connectivity index (χ3n) is 3.51. The molecular formula is C14H13BrClNO. The number of hydrogen-bond donors (Lipinski definition) is 0. The standard InChI is InChI=1S/C14H13BrClNO/c15-11-5-4-10(12(16)7-11)8-14(9-17)6-2-1-3-13(14)18/h4-5,7H,1-3,6,8H2. The normalized spacial score (nSPS) is 23.7. The van der Waals surface area contributed by atoms with Gasteiger partial charge in [-0.2, -0.15) is 5.26 Å². The minimum absolute atomic E-state index is 0.0650. The van der Waals surface area contributed by atoms with Crippen LogP contribution in [0.5, 0.6) is 0 Å². The van der Waals surface area contributed by atoms with Crippen molar-refractivity contribution in [1.82, 2.24) is 0 Å². The molecule has 0 amide bonds. The predicted octanol–water partition coefficient (Wildman–Crippen LogP) is 4.30. The molecule has 1 aliphatic carbocycles. The van der Waals surface area contributed by atoms with Crippen molar-refractivity contribution in [1.29, 1.82) is 5.26 Å². The summed E-state index contributed by atoms with van der Waals surface area (Å²) in [6.45, 7) is 0. The molecule has 1 saturated carbocycles. The number of halogens is 2. The maximum atomic E-state index is 12.1. The summed E-state index contributed by atoms with van der Waals surface area (Å²) in [5.41, 5.74) is 0.00656. The van der Waals surface area contributed by atoms with Gasteiger partial charge in [0.05, 0.1) is 6.07 Å². The van der Waals surface area contributed by atoms with Crippen LogP contribution in [0.1, 0.15) is 31.2 Å². The van der Waals surface area contributed by atoms with E-state index in [-0.39, 0.29) is 5.78 Å². The number of carbonyl (C=O) groups is 1. The van der Waals surface area contributed by atoms with Crippen LogP contribution in [-0.4, -0.2) is 5.78 Å². The molecule has 0 aromatic heterocycles. The van der Waals surface area contributed by atoms with Crippen LogP contribution < -0.4 is 0 Å². The summed E-state index contributed by atoms with van der Waals surface area (Å²) in [4.78, 5) is 12.1. The van der Waals surface area contributed by atoms with Crippen molar-refractivity contribution >= 4 is 33.3 Å². The Bertz CT molecular complexity index is 523. The molecule has 0 radical (unpaired) electrons. The summed E-state index contributed by atoms with van der Waals surface area (Å²) in [6, 6.07) is 7.81. The second-order valence-electron chi connectivity index (χ2n) is 4.74. The van der Waals surface area contributed by atoms with E-state index in [0.717, 1.165) is 22.9 Å². The molecule has 1 aromatic carbocycles. The van der Waals surface area contributed by atoms with Gasteiger partial charge >= 0.3 is 0 Å². The van der Waals surface area contributed by atoms with Crippen molar-refractivity contribution in [3.05, 3.63) is 33.3 Å². The molecule has 0 spiro atoms. The summed E-state index contributed by atoms with van der Waals surface area (Å²) in [5.74, 6) is 0.0650. The first kappa shape index (κ1) is 13.6. The monoisotopic (exact) mass is 325 g/mol.